The lowest BCUT2D eigenvalue weighted by Crippen LogP contribution is -1.99. The van der Waals surface area contributed by atoms with Gasteiger partial charge in [0.05, 0.1) is 31.0 Å². The third kappa shape index (κ3) is 3.81. The minimum absolute atomic E-state index is 0.0850. The van der Waals surface area contributed by atoms with Crippen molar-refractivity contribution in [3.8, 4) is 11.5 Å². The molecule has 7 heteroatoms. The first-order chi connectivity index (χ1) is 11.5. The zero-order chi connectivity index (χ0) is 17.7. The number of methoxy groups -OCH3 is 2. The van der Waals surface area contributed by atoms with Gasteiger partial charge in [-0.15, -0.1) is 0 Å². The van der Waals surface area contributed by atoms with Gasteiger partial charge in [0.15, 0.2) is 5.75 Å². The summed E-state index contributed by atoms with van der Waals surface area (Å²) in [7, 11) is 2.79. The number of aryl methyl sites for hydroxylation is 2. The van der Waals surface area contributed by atoms with E-state index < -0.39 is 4.92 Å². The summed E-state index contributed by atoms with van der Waals surface area (Å²) in [6.45, 7) is 4.05. The van der Waals surface area contributed by atoms with Crippen molar-refractivity contribution in [2.24, 2.45) is 5.10 Å². The molecular weight excluding hydrogens is 310 g/mol. The molecule has 0 aliphatic heterocycles. The lowest BCUT2D eigenvalue weighted by atomic mass is 10.1. The van der Waals surface area contributed by atoms with Crippen LogP contribution in [0.2, 0.25) is 0 Å². The lowest BCUT2D eigenvalue weighted by Gasteiger charge is -2.08. The summed E-state index contributed by atoms with van der Waals surface area (Å²) < 4.78 is 10.2. The lowest BCUT2D eigenvalue weighted by molar-refractivity contribution is -0.385. The van der Waals surface area contributed by atoms with Crippen molar-refractivity contribution < 1.29 is 14.4 Å². The number of nitro benzene ring substituents is 1. The highest BCUT2D eigenvalue weighted by Crippen LogP contribution is 2.37. The van der Waals surface area contributed by atoms with Gasteiger partial charge in [-0.2, -0.15) is 5.10 Å². The minimum atomic E-state index is -0.518. The molecule has 2 aromatic rings. The van der Waals surface area contributed by atoms with Crippen molar-refractivity contribution in [3.05, 3.63) is 57.1 Å². The zero-order valence-corrected chi connectivity index (χ0v) is 14.0. The Morgan fingerprint density at radius 2 is 1.88 bits per heavy atom. The molecule has 2 rings (SSSR count). The summed E-state index contributed by atoms with van der Waals surface area (Å²) in [4.78, 5) is 10.7. The first-order valence-electron chi connectivity index (χ1n) is 7.23. The molecule has 0 saturated carbocycles. The maximum absolute atomic E-state index is 11.2. The number of nitrogens with one attached hydrogen (secondary N) is 1. The molecule has 0 unspecified atom stereocenters. The van der Waals surface area contributed by atoms with Crippen LogP contribution in [0.15, 0.2) is 35.4 Å². The molecule has 0 amide bonds. The highest BCUT2D eigenvalue weighted by molar-refractivity contribution is 5.83. The van der Waals surface area contributed by atoms with E-state index in [4.69, 9.17) is 9.47 Å². The molecule has 0 bridgehead atoms. The number of rotatable bonds is 6. The number of nitro groups is 1. The molecule has 0 saturated heterocycles. The van der Waals surface area contributed by atoms with Crippen LogP contribution < -0.4 is 14.9 Å². The van der Waals surface area contributed by atoms with Crippen molar-refractivity contribution in [1.29, 1.82) is 0 Å². The Kier molecular flexibility index (Phi) is 5.36. The second-order valence-corrected chi connectivity index (χ2v) is 5.20. The van der Waals surface area contributed by atoms with Crippen molar-refractivity contribution >= 4 is 17.6 Å². The van der Waals surface area contributed by atoms with E-state index in [-0.39, 0.29) is 17.2 Å². The van der Waals surface area contributed by atoms with Gasteiger partial charge in [0.1, 0.15) is 0 Å². The molecular formula is C17H19N3O4. The van der Waals surface area contributed by atoms with Gasteiger partial charge in [-0.1, -0.05) is 6.07 Å². The summed E-state index contributed by atoms with van der Waals surface area (Å²) in [6.07, 6.45) is 1.49. The second-order valence-electron chi connectivity index (χ2n) is 5.20. The average molecular weight is 329 g/mol. The molecule has 0 aromatic heterocycles. The Labute approximate surface area is 140 Å². The molecule has 1 N–H and O–H groups in total. The maximum atomic E-state index is 11.2. The Hall–Kier alpha value is -3.09. The third-order valence-electron chi connectivity index (χ3n) is 3.59. The predicted octanol–water partition coefficient (Wildman–Crippen LogP) is 3.67. The van der Waals surface area contributed by atoms with Crippen molar-refractivity contribution in [3.63, 3.8) is 0 Å². The summed E-state index contributed by atoms with van der Waals surface area (Å²) in [6, 6.07) is 8.89. The molecule has 126 valence electrons. The van der Waals surface area contributed by atoms with Gasteiger partial charge in [-0.05, 0) is 43.2 Å². The van der Waals surface area contributed by atoms with E-state index in [0.29, 0.717) is 5.56 Å². The molecule has 0 aliphatic carbocycles. The molecule has 2 aromatic carbocycles. The number of hydrogen-bond donors (Lipinski definition) is 1. The number of hydrogen-bond acceptors (Lipinski definition) is 6. The highest BCUT2D eigenvalue weighted by atomic mass is 16.6. The van der Waals surface area contributed by atoms with E-state index in [1.807, 2.05) is 32.0 Å². The Balaban J connectivity index is 2.26. The van der Waals surface area contributed by atoms with Crippen molar-refractivity contribution in [2.75, 3.05) is 19.6 Å². The molecule has 0 radical (unpaired) electrons. The number of ether oxygens (including phenoxy) is 2. The van der Waals surface area contributed by atoms with Crippen molar-refractivity contribution in [2.45, 2.75) is 13.8 Å². The second kappa shape index (κ2) is 7.45. The fraction of sp³-hybridized carbons (Fsp3) is 0.235. The summed E-state index contributed by atoms with van der Waals surface area (Å²) >= 11 is 0. The monoisotopic (exact) mass is 329 g/mol. The molecule has 0 spiro atoms. The van der Waals surface area contributed by atoms with Gasteiger partial charge in [-0.25, -0.2) is 0 Å². The van der Waals surface area contributed by atoms with Crippen LogP contribution in [0.4, 0.5) is 11.4 Å². The van der Waals surface area contributed by atoms with Crippen LogP contribution in [0.25, 0.3) is 0 Å². The van der Waals surface area contributed by atoms with Gasteiger partial charge >= 0.3 is 5.69 Å². The van der Waals surface area contributed by atoms with Gasteiger partial charge in [0, 0.05) is 11.6 Å². The molecule has 0 fully saturated rings. The summed E-state index contributed by atoms with van der Waals surface area (Å²) in [5.74, 6) is 0.362. The van der Waals surface area contributed by atoms with Crippen LogP contribution in [-0.4, -0.2) is 25.4 Å². The van der Waals surface area contributed by atoms with E-state index in [9.17, 15) is 10.1 Å². The molecule has 0 atom stereocenters. The largest absolute Gasteiger partial charge is 0.493 e. The zero-order valence-electron chi connectivity index (χ0n) is 14.0. The normalized spacial score (nSPS) is 10.7. The maximum Gasteiger partial charge on any atom is 0.315 e. The Bertz CT molecular complexity index is 788. The smallest absolute Gasteiger partial charge is 0.315 e. The first kappa shape index (κ1) is 17.3. The van der Waals surface area contributed by atoms with E-state index in [1.165, 1.54) is 32.1 Å². The van der Waals surface area contributed by atoms with E-state index in [0.717, 1.165) is 11.3 Å². The van der Waals surface area contributed by atoms with Crippen LogP contribution in [0, 0.1) is 24.0 Å². The van der Waals surface area contributed by atoms with Crippen LogP contribution in [-0.2, 0) is 0 Å². The molecule has 0 heterocycles. The first-order valence-corrected chi connectivity index (χ1v) is 7.23. The molecule has 24 heavy (non-hydrogen) atoms. The summed E-state index contributed by atoms with van der Waals surface area (Å²) in [5, 5.41) is 15.3. The highest BCUT2D eigenvalue weighted by Gasteiger charge is 2.20. The average Bonchev–Trinajstić information content (AvgIpc) is 2.57. The van der Waals surface area contributed by atoms with Gasteiger partial charge < -0.3 is 9.47 Å². The van der Waals surface area contributed by atoms with Gasteiger partial charge in [-0.3, -0.25) is 15.5 Å². The molecule has 7 nitrogen and oxygen atoms in total. The Morgan fingerprint density at radius 1 is 1.12 bits per heavy atom. The van der Waals surface area contributed by atoms with Crippen LogP contribution in [0.1, 0.15) is 16.7 Å². The van der Waals surface area contributed by atoms with Crippen molar-refractivity contribution in [1.82, 2.24) is 0 Å². The fourth-order valence-corrected chi connectivity index (χ4v) is 2.17. The standard InChI is InChI=1S/C17H19N3O4/c1-11-5-6-14(7-12(11)2)19-18-10-13-8-15(20(21)22)17(24-4)16(9-13)23-3/h5-10,19H,1-4H3/b18-10+. The van der Waals surface area contributed by atoms with E-state index >= 15 is 0 Å². The number of anilines is 1. The van der Waals surface area contributed by atoms with Gasteiger partial charge in [0.25, 0.3) is 0 Å². The quantitative estimate of drug-likeness (QED) is 0.496. The van der Waals surface area contributed by atoms with Gasteiger partial charge in [0.2, 0.25) is 5.75 Å². The Morgan fingerprint density at radius 3 is 2.46 bits per heavy atom. The van der Waals surface area contributed by atoms with E-state index in [1.54, 1.807) is 6.07 Å². The van der Waals surface area contributed by atoms with Crippen LogP contribution >= 0.6 is 0 Å². The number of benzene rings is 2. The third-order valence-corrected chi connectivity index (χ3v) is 3.59. The summed E-state index contributed by atoms with van der Waals surface area (Å²) in [5.41, 5.74) is 6.43. The SMILES string of the molecule is COc1cc(/C=N/Nc2ccc(C)c(C)c2)cc([N+](=O)[O-])c1OC. The van der Waals surface area contributed by atoms with Crippen LogP contribution in [0.3, 0.4) is 0 Å². The minimum Gasteiger partial charge on any atom is -0.493 e. The fourth-order valence-electron chi connectivity index (χ4n) is 2.17. The number of hydrazone groups is 1. The van der Waals surface area contributed by atoms with E-state index in [2.05, 4.69) is 10.5 Å². The number of nitrogens with zero attached hydrogens (tertiary/aromatic N) is 2. The topological polar surface area (TPSA) is 86.0 Å². The van der Waals surface area contributed by atoms with Crippen LogP contribution in [0.5, 0.6) is 11.5 Å². The molecule has 0 aliphatic rings. The predicted molar refractivity (Wildman–Crippen MR) is 93.3 cm³/mol.